The zero-order valence-electron chi connectivity index (χ0n) is 16.6. The third-order valence-electron chi connectivity index (χ3n) is 5.25. The van der Waals surface area contributed by atoms with Crippen LogP contribution >= 0.6 is 11.6 Å². The fraction of sp³-hybridized carbons (Fsp3) is 0.409. The Morgan fingerprint density at radius 1 is 1.14 bits per heavy atom. The number of carbonyl (C=O) groups excluding carboxylic acids is 1. The van der Waals surface area contributed by atoms with Gasteiger partial charge in [-0.15, -0.1) is 0 Å². The first-order valence-corrected chi connectivity index (χ1v) is 11.9. The fourth-order valence-electron chi connectivity index (χ4n) is 3.51. The standard InChI is InChI=1S/C22H27ClN2O3S/c1-2-3-5-17-7-11-20(12-8-17)24-22(26)18-6-4-15-25(16-18)29(27,28)21-13-9-19(23)10-14-21/h7-14,18H,2-6,15-16H2,1H3,(H,24,26)/t18-/m0/s1. The van der Waals surface area contributed by atoms with Gasteiger partial charge >= 0.3 is 0 Å². The minimum absolute atomic E-state index is 0.137. The number of unbranched alkanes of at least 4 members (excludes halogenated alkanes) is 1. The molecule has 1 saturated heterocycles. The molecular weight excluding hydrogens is 408 g/mol. The van der Waals surface area contributed by atoms with Crippen LogP contribution in [0.2, 0.25) is 5.02 Å². The summed E-state index contributed by atoms with van der Waals surface area (Å²) in [6.45, 7) is 2.77. The summed E-state index contributed by atoms with van der Waals surface area (Å²) in [7, 11) is -3.64. The van der Waals surface area contributed by atoms with E-state index in [2.05, 4.69) is 12.2 Å². The van der Waals surface area contributed by atoms with E-state index in [0.717, 1.165) is 24.9 Å². The molecule has 0 radical (unpaired) electrons. The van der Waals surface area contributed by atoms with Gasteiger partial charge in [0.2, 0.25) is 15.9 Å². The number of halogens is 1. The van der Waals surface area contributed by atoms with Crippen LogP contribution in [-0.2, 0) is 21.2 Å². The fourth-order valence-corrected chi connectivity index (χ4v) is 5.16. The van der Waals surface area contributed by atoms with E-state index in [-0.39, 0.29) is 23.3 Å². The van der Waals surface area contributed by atoms with Gasteiger partial charge in [-0.05, 0) is 67.6 Å². The van der Waals surface area contributed by atoms with Gasteiger partial charge in [0.15, 0.2) is 0 Å². The van der Waals surface area contributed by atoms with Crippen LogP contribution in [0.5, 0.6) is 0 Å². The smallest absolute Gasteiger partial charge is 0.243 e. The molecule has 1 aliphatic heterocycles. The highest BCUT2D eigenvalue weighted by molar-refractivity contribution is 7.89. The number of hydrogen-bond acceptors (Lipinski definition) is 3. The number of rotatable bonds is 7. The van der Waals surface area contributed by atoms with Crippen molar-refractivity contribution in [2.75, 3.05) is 18.4 Å². The zero-order chi connectivity index (χ0) is 20.9. The molecule has 0 saturated carbocycles. The minimum atomic E-state index is -3.64. The number of aryl methyl sites for hydroxylation is 1. The van der Waals surface area contributed by atoms with E-state index in [0.29, 0.717) is 24.4 Å². The number of amides is 1. The molecular formula is C22H27ClN2O3S. The van der Waals surface area contributed by atoms with Crippen molar-refractivity contribution in [3.8, 4) is 0 Å². The summed E-state index contributed by atoms with van der Waals surface area (Å²) in [6.07, 6.45) is 4.65. The predicted molar refractivity (Wildman–Crippen MR) is 117 cm³/mol. The maximum absolute atomic E-state index is 12.9. The first kappa shape index (κ1) is 21.8. The minimum Gasteiger partial charge on any atom is -0.326 e. The van der Waals surface area contributed by atoms with Crippen LogP contribution in [-0.4, -0.2) is 31.7 Å². The summed E-state index contributed by atoms with van der Waals surface area (Å²) in [5.74, 6) is -0.507. The highest BCUT2D eigenvalue weighted by atomic mass is 35.5. The lowest BCUT2D eigenvalue weighted by Crippen LogP contribution is -2.43. The predicted octanol–water partition coefficient (Wildman–Crippen LogP) is 4.72. The molecule has 0 unspecified atom stereocenters. The van der Waals surface area contributed by atoms with Crippen LogP contribution in [0.15, 0.2) is 53.4 Å². The van der Waals surface area contributed by atoms with Gasteiger partial charge in [0, 0.05) is 23.8 Å². The molecule has 0 spiro atoms. The first-order valence-electron chi connectivity index (χ1n) is 10.1. The van der Waals surface area contributed by atoms with E-state index < -0.39 is 10.0 Å². The Morgan fingerprint density at radius 3 is 2.48 bits per heavy atom. The van der Waals surface area contributed by atoms with E-state index in [1.54, 1.807) is 12.1 Å². The second kappa shape index (κ2) is 9.74. The molecule has 1 heterocycles. The zero-order valence-corrected chi connectivity index (χ0v) is 18.2. The van der Waals surface area contributed by atoms with Crippen molar-refractivity contribution in [1.29, 1.82) is 0 Å². The second-order valence-electron chi connectivity index (χ2n) is 7.45. The van der Waals surface area contributed by atoms with Crippen LogP contribution in [0.4, 0.5) is 5.69 Å². The van der Waals surface area contributed by atoms with Crippen molar-refractivity contribution in [2.24, 2.45) is 5.92 Å². The molecule has 3 rings (SSSR count). The van der Waals surface area contributed by atoms with Crippen LogP contribution in [0.25, 0.3) is 0 Å². The van der Waals surface area contributed by atoms with Crippen LogP contribution in [0.3, 0.4) is 0 Å². The molecule has 1 atom stereocenters. The Bertz CT molecular complexity index is 928. The molecule has 5 nitrogen and oxygen atoms in total. The van der Waals surface area contributed by atoms with Crippen molar-refractivity contribution in [2.45, 2.75) is 43.9 Å². The Kier molecular flexibility index (Phi) is 7.33. The number of carbonyl (C=O) groups is 1. The van der Waals surface area contributed by atoms with E-state index in [4.69, 9.17) is 11.6 Å². The number of piperidine rings is 1. The van der Waals surface area contributed by atoms with Gasteiger partial charge < -0.3 is 5.32 Å². The number of anilines is 1. The topological polar surface area (TPSA) is 66.5 Å². The van der Waals surface area contributed by atoms with Gasteiger partial charge in [0.1, 0.15) is 0 Å². The molecule has 0 aliphatic carbocycles. The molecule has 156 valence electrons. The van der Waals surface area contributed by atoms with E-state index in [9.17, 15) is 13.2 Å². The summed E-state index contributed by atoms with van der Waals surface area (Å²) in [4.78, 5) is 12.9. The Morgan fingerprint density at radius 2 is 1.83 bits per heavy atom. The van der Waals surface area contributed by atoms with Crippen molar-refractivity contribution in [3.63, 3.8) is 0 Å². The molecule has 1 N–H and O–H groups in total. The van der Waals surface area contributed by atoms with Gasteiger partial charge in [0.05, 0.1) is 10.8 Å². The van der Waals surface area contributed by atoms with Gasteiger partial charge in [-0.25, -0.2) is 8.42 Å². The number of sulfonamides is 1. The molecule has 2 aromatic rings. The maximum Gasteiger partial charge on any atom is 0.243 e. The van der Waals surface area contributed by atoms with Crippen LogP contribution in [0.1, 0.15) is 38.2 Å². The number of nitrogens with zero attached hydrogens (tertiary/aromatic N) is 1. The number of nitrogens with one attached hydrogen (secondary N) is 1. The monoisotopic (exact) mass is 434 g/mol. The summed E-state index contributed by atoms with van der Waals surface area (Å²) in [6, 6.07) is 14.0. The molecule has 1 amide bonds. The number of benzene rings is 2. The summed E-state index contributed by atoms with van der Waals surface area (Å²) >= 11 is 5.86. The normalized spacial score (nSPS) is 17.8. The van der Waals surface area contributed by atoms with Gasteiger partial charge in [-0.2, -0.15) is 4.31 Å². The largest absolute Gasteiger partial charge is 0.326 e. The van der Waals surface area contributed by atoms with Gasteiger partial charge in [0.25, 0.3) is 0 Å². The lowest BCUT2D eigenvalue weighted by Gasteiger charge is -2.31. The number of hydrogen-bond donors (Lipinski definition) is 1. The van der Waals surface area contributed by atoms with Crippen LogP contribution < -0.4 is 5.32 Å². The van der Waals surface area contributed by atoms with Crippen molar-refractivity contribution in [3.05, 3.63) is 59.1 Å². The molecule has 29 heavy (non-hydrogen) atoms. The molecule has 0 aromatic heterocycles. The third-order valence-corrected chi connectivity index (χ3v) is 7.38. The van der Waals surface area contributed by atoms with Crippen molar-refractivity contribution >= 4 is 33.2 Å². The second-order valence-corrected chi connectivity index (χ2v) is 9.82. The summed E-state index contributed by atoms with van der Waals surface area (Å²) in [5.41, 5.74) is 2.00. The summed E-state index contributed by atoms with van der Waals surface area (Å²) < 4.78 is 27.2. The molecule has 0 bridgehead atoms. The maximum atomic E-state index is 12.9. The molecule has 7 heteroatoms. The third kappa shape index (κ3) is 5.59. The van der Waals surface area contributed by atoms with E-state index in [1.807, 2.05) is 24.3 Å². The van der Waals surface area contributed by atoms with E-state index in [1.165, 1.54) is 22.0 Å². The quantitative estimate of drug-likeness (QED) is 0.685. The first-order chi connectivity index (χ1) is 13.9. The van der Waals surface area contributed by atoms with Crippen molar-refractivity contribution < 1.29 is 13.2 Å². The average molecular weight is 435 g/mol. The highest BCUT2D eigenvalue weighted by Crippen LogP contribution is 2.25. The van der Waals surface area contributed by atoms with Crippen molar-refractivity contribution in [1.82, 2.24) is 4.31 Å². The molecule has 2 aromatic carbocycles. The molecule has 1 aliphatic rings. The Hall–Kier alpha value is -1.89. The summed E-state index contributed by atoms with van der Waals surface area (Å²) in [5, 5.41) is 3.42. The van der Waals surface area contributed by atoms with Gasteiger partial charge in [-0.1, -0.05) is 37.1 Å². The Balaban J connectivity index is 1.64. The lowest BCUT2D eigenvalue weighted by molar-refractivity contribution is -0.120. The lowest BCUT2D eigenvalue weighted by atomic mass is 9.98. The van der Waals surface area contributed by atoms with E-state index >= 15 is 0 Å². The highest BCUT2D eigenvalue weighted by Gasteiger charge is 2.33. The molecule has 1 fully saturated rings. The van der Waals surface area contributed by atoms with Crippen LogP contribution in [0, 0.1) is 5.92 Å². The van der Waals surface area contributed by atoms with Gasteiger partial charge in [-0.3, -0.25) is 4.79 Å². The Labute approximate surface area is 178 Å². The average Bonchev–Trinajstić information content (AvgIpc) is 2.73. The SMILES string of the molecule is CCCCc1ccc(NC(=O)[C@H]2CCCN(S(=O)(=O)c3ccc(Cl)cc3)C2)cc1.